The first kappa shape index (κ1) is 11.7. The average molecular weight is 237 g/mol. The molecule has 90 valence electrons. The quantitative estimate of drug-likeness (QED) is 0.856. The van der Waals surface area contributed by atoms with Crippen LogP contribution in [0.15, 0.2) is 24.4 Å². The largest absolute Gasteiger partial charge is 0.342 e. The van der Waals surface area contributed by atoms with Crippen molar-refractivity contribution in [3.05, 3.63) is 41.9 Å². The molecule has 0 aliphatic rings. The molecule has 2 rings (SSSR count). The van der Waals surface area contributed by atoms with Crippen LogP contribution >= 0.6 is 0 Å². The van der Waals surface area contributed by atoms with Crippen molar-refractivity contribution in [2.45, 2.75) is 12.8 Å². The van der Waals surface area contributed by atoms with Gasteiger partial charge in [0.05, 0.1) is 17.5 Å². The lowest BCUT2D eigenvalue weighted by Gasteiger charge is -2.01. The van der Waals surface area contributed by atoms with E-state index in [9.17, 15) is 8.78 Å². The molecule has 1 aromatic heterocycles. The van der Waals surface area contributed by atoms with Crippen LogP contribution in [0.2, 0.25) is 0 Å². The lowest BCUT2D eigenvalue weighted by molar-refractivity contribution is 0.589. The predicted molar refractivity (Wildman–Crippen MR) is 61.3 cm³/mol. The van der Waals surface area contributed by atoms with Crippen molar-refractivity contribution in [1.82, 2.24) is 9.97 Å². The molecule has 1 aromatic carbocycles. The maximum atomic E-state index is 13.5. The highest BCUT2D eigenvalue weighted by Gasteiger charge is 2.13. The molecular formula is C12H13F2N3. The summed E-state index contributed by atoms with van der Waals surface area (Å²) < 4.78 is 27.0. The van der Waals surface area contributed by atoms with E-state index in [-0.39, 0.29) is 5.56 Å². The van der Waals surface area contributed by atoms with E-state index in [1.165, 1.54) is 24.4 Å². The third-order valence-electron chi connectivity index (χ3n) is 2.48. The van der Waals surface area contributed by atoms with Crippen molar-refractivity contribution in [3.63, 3.8) is 0 Å². The van der Waals surface area contributed by atoms with Crippen molar-refractivity contribution < 1.29 is 8.78 Å². The Morgan fingerprint density at radius 1 is 1.24 bits per heavy atom. The van der Waals surface area contributed by atoms with Gasteiger partial charge >= 0.3 is 0 Å². The molecule has 3 N–H and O–H groups in total. The first-order chi connectivity index (χ1) is 8.22. The Bertz CT molecular complexity index is 488. The molecule has 3 nitrogen and oxygen atoms in total. The van der Waals surface area contributed by atoms with Gasteiger partial charge in [0, 0.05) is 6.42 Å². The number of nitrogens with zero attached hydrogens (tertiary/aromatic N) is 1. The third-order valence-corrected chi connectivity index (χ3v) is 2.48. The van der Waals surface area contributed by atoms with E-state index >= 15 is 0 Å². The SMILES string of the molecule is NCCCc1ncc(-c2c(F)cccc2F)[nH]1. The number of nitrogens with one attached hydrogen (secondary N) is 1. The molecule has 1 heterocycles. The van der Waals surface area contributed by atoms with E-state index in [2.05, 4.69) is 9.97 Å². The standard InChI is InChI=1S/C12H13F2N3/c13-8-3-1-4-9(14)12(8)10-7-16-11(17-10)5-2-6-15/h1,3-4,7H,2,5-6,15H2,(H,16,17). The van der Waals surface area contributed by atoms with Crippen LogP contribution in [0.5, 0.6) is 0 Å². The third kappa shape index (κ3) is 2.50. The molecule has 0 aliphatic heterocycles. The van der Waals surface area contributed by atoms with Gasteiger partial charge in [-0.05, 0) is 25.1 Å². The topological polar surface area (TPSA) is 54.7 Å². The fourth-order valence-corrected chi connectivity index (χ4v) is 1.64. The number of halogens is 2. The molecule has 0 fully saturated rings. The summed E-state index contributed by atoms with van der Waals surface area (Å²) in [6.07, 6.45) is 2.90. The van der Waals surface area contributed by atoms with Gasteiger partial charge in [0.1, 0.15) is 17.5 Å². The van der Waals surface area contributed by atoms with Crippen LogP contribution < -0.4 is 5.73 Å². The maximum Gasteiger partial charge on any atom is 0.135 e. The highest BCUT2D eigenvalue weighted by atomic mass is 19.1. The minimum atomic E-state index is -0.598. The lowest BCUT2D eigenvalue weighted by Crippen LogP contribution is -2.01. The van der Waals surface area contributed by atoms with Crippen LogP contribution in [0.1, 0.15) is 12.2 Å². The number of benzene rings is 1. The normalized spacial score (nSPS) is 10.8. The number of rotatable bonds is 4. The number of nitrogens with two attached hydrogens (primary N) is 1. The number of imidazole rings is 1. The van der Waals surface area contributed by atoms with Crippen LogP contribution in [0.3, 0.4) is 0 Å². The molecule has 2 aromatic rings. The van der Waals surface area contributed by atoms with E-state index in [1.54, 1.807) is 0 Å². The second-order valence-electron chi connectivity index (χ2n) is 3.73. The number of hydrogen-bond donors (Lipinski definition) is 2. The Morgan fingerprint density at radius 3 is 2.59 bits per heavy atom. The van der Waals surface area contributed by atoms with Crippen molar-refractivity contribution >= 4 is 0 Å². The zero-order valence-corrected chi connectivity index (χ0v) is 9.21. The number of aromatic nitrogens is 2. The van der Waals surface area contributed by atoms with E-state index in [0.717, 1.165) is 6.42 Å². The Balaban J connectivity index is 2.30. The van der Waals surface area contributed by atoms with E-state index in [4.69, 9.17) is 5.73 Å². The minimum Gasteiger partial charge on any atom is -0.342 e. The van der Waals surface area contributed by atoms with Gasteiger partial charge in [0.2, 0.25) is 0 Å². The van der Waals surface area contributed by atoms with Crippen molar-refractivity contribution in [1.29, 1.82) is 0 Å². The number of hydrogen-bond acceptors (Lipinski definition) is 2. The predicted octanol–water partition coefficient (Wildman–Crippen LogP) is 2.25. The Morgan fingerprint density at radius 2 is 1.94 bits per heavy atom. The maximum absolute atomic E-state index is 13.5. The molecule has 5 heteroatoms. The molecule has 0 radical (unpaired) electrons. The van der Waals surface area contributed by atoms with Gasteiger partial charge in [-0.3, -0.25) is 0 Å². The Labute approximate surface area is 97.7 Å². The smallest absolute Gasteiger partial charge is 0.135 e. The second-order valence-corrected chi connectivity index (χ2v) is 3.73. The first-order valence-corrected chi connectivity index (χ1v) is 5.40. The molecule has 0 saturated heterocycles. The van der Waals surface area contributed by atoms with Gasteiger partial charge in [-0.25, -0.2) is 13.8 Å². The summed E-state index contributed by atoms with van der Waals surface area (Å²) in [4.78, 5) is 6.97. The molecule has 0 saturated carbocycles. The van der Waals surface area contributed by atoms with Crippen LogP contribution in [-0.2, 0) is 6.42 Å². The zero-order chi connectivity index (χ0) is 12.3. The molecule has 0 amide bonds. The summed E-state index contributed by atoms with van der Waals surface area (Å²) in [5, 5.41) is 0. The van der Waals surface area contributed by atoms with E-state index < -0.39 is 11.6 Å². The van der Waals surface area contributed by atoms with E-state index in [1.807, 2.05) is 0 Å². The van der Waals surface area contributed by atoms with Crippen molar-refractivity contribution in [2.75, 3.05) is 6.54 Å². The molecule has 0 atom stereocenters. The highest BCUT2D eigenvalue weighted by molar-refractivity contribution is 5.60. The van der Waals surface area contributed by atoms with Gasteiger partial charge in [-0.15, -0.1) is 0 Å². The van der Waals surface area contributed by atoms with E-state index in [0.29, 0.717) is 24.5 Å². The summed E-state index contributed by atoms with van der Waals surface area (Å²) in [6, 6.07) is 3.78. The van der Waals surface area contributed by atoms with Gasteiger partial charge in [0.15, 0.2) is 0 Å². The van der Waals surface area contributed by atoms with Crippen LogP contribution in [0, 0.1) is 11.6 Å². The van der Waals surface area contributed by atoms with Crippen molar-refractivity contribution in [3.8, 4) is 11.3 Å². The summed E-state index contributed by atoms with van der Waals surface area (Å²) in [6.45, 7) is 0.560. The Hall–Kier alpha value is -1.75. The average Bonchev–Trinajstić information content (AvgIpc) is 2.75. The molecule has 0 aliphatic carbocycles. The van der Waals surface area contributed by atoms with Gasteiger partial charge in [-0.1, -0.05) is 6.07 Å². The summed E-state index contributed by atoms with van der Waals surface area (Å²) >= 11 is 0. The minimum absolute atomic E-state index is 0.0704. The number of aryl methyl sites for hydroxylation is 1. The first-order valence-electron chi connectivity index (χ1n) is 5.40. The monoisotopic (exact) mass is 237 g/mol. The lowest BCUT2D eigenvalue weighted by atomic mass is 10.1. The fraction of sp³-hybridized carbons (Fsp3) is 0.250. The highest BCUT2D eigenvalue weighted by Crippen LogP contribution is 2.24. The van der Waals surface area contributed by atoms with Crippen molar-refractivity contribution in [2.24, 2.45) is 5.73 Å². The zero-order valence-electron chi connectivity index (χ0n) is 9.21. The van der Waals surface area contributed by atoms with Gasteiger partial charge in [0.25, 0.3) is 0 Å². The van der Waals surface area contributed by atoms with Gasteiger partial charge < -0.3 is 10.7 Å². The number of aromatic amines is 1. The van der Waals surface area contributed by atoms with Crippen LogP contribution in [-0.4, -0.2) is 16.5 Å². The molecular weight excluding hydrogens is 224 g/mol. The summed E-state index contributed by atoms with van der Waals surface area (Å²) in [5.74, 6) is -0.508. The fourth-order valence-electron chi connectivity index (χ4n) is 1.64. The van der Waals surface area contributed by atoms with Crippen LogP contribution in [0.25, 0.3) is 11.3 Å². The number of H-pyrrole nitrogens is 1. The molecule has 17 heavy (non-hydrogen) atoms. The van der Waals surface area contributed by atoms with Gasteiger partial charge in [-0.2, -0.15) is 0 Å². The van der Waals surface area contributed by atoms with Crippen LogP contribution in [0.4, 0.5) is 8.78 Å². The molecule has 0 spiro atoms. The molecule has 0 unspecified atom stereocenters. The summed E-state index contributed by atoms with van der Waals surface area (Å²) in [7, 11) is 0. The molecule has 0 bridgehead atoms. The Kier molecular flexibility index (Phi) is 3.49. The second kappa shape index (κ2) is 5.05. The summed E-state index contributed by atoms with van der Waals surface area (Å²) in [5.41, 5.74) is 5.66.